The summed E-state index contributed by atoms with van der Waals surface area (Å²) in [5.74, 6) is 1.83. The molecule has 0 fully saturated rings. The van der Waals surface area contributed by atoms with Gasteiger partial charge < -0.3 is 19.3 Å². The second-order valence-electron chi connectivity index (χ2n) is 7.22. The lowest BCUT2D eigenvalue weighted by molar-refractivity contribution is -0.116. The lowest BCUT2D eigenvalue weighted by Gasteiger charge is -2.11. The molecule has 6 heteroatoms. The highest BCUT2D eigenvalue weighted by Gasteiger charge is 2.12. The van der Waals surface area contributed by atoms with E-state index in [-0.39, 0.29) is 5.91 Å². The molecule has 1 aromatic heterocycles. The van der Waals surface area contributed by atoms with Gasteiger partial charge in [-0.15, -0.1) is 0 Å². The van der Waals surface area contributed by atoms with Gasteiger partial charge in [0, 0.05) is 12.6 Å². The van der Waals surface area contributed by atoms with E-state index in [9.17, 15) is 4.79 Å². The third-order valence-electron chi connectivity index (χ3n) is 4.95. The van der Waals surface area contributed by atoms with Crippen LogP contribution >= 0.6 is 0 Å². The highest BCUT2D eigenvalue weighted by molar-refractivity contribution is 5.91. The van der Waals surface area contributed by atoms with Crippen molar-refractivity contribution in [1.29, 1.82) is 0 Å². The van der Waals surface area contributed by atoms with Gasteiger partial charge in [0.25, 0.3) is 0 Å². The molecule has 0 bridgehead atoms. The summed E-state index contributed by atoms with van der Waals surface area (Å²) in [6.07, 6.45) is 5.13. The number of aromatic nitrogens is 1. The Balaban J connectivity index is 1.50. The van der Waals surface area contributed by atoms with Crippen molar-refractivity contribution in [3.05, 3.63) is 82.8 Å². The summed E-state index contributed by atoms with van der Waals surface area (Å²) >= 11 is 0. The molecule has 0 saturated heterocycles. The van der Waals surface area contributed by atoms with Crippen LogP contribution in [0.15, 0.2) is 59.1 Å². The highest BCUT2D eigenvalue weighted by Crippen LogP contribution is 2.30. The first kappa shape index (κ1) is 22.2. The number of carbonyl (C=O) groups excluding carboxylic acids is 1. The van der Waals surface area contributed by atoms with Crippen LogP contribution in [0.25, 0.3) is 6.08 Å². The summed E-state index contributed by atoms with van der Waals surface area (Å²) in [5.41, 5.74) is 3.86. The Morgan fingerprint density at radius 1 is 1.13 bits per heavy atom. The number of hydrogen-bond acceptors (Lipinski definition) is 5. The minimum absolute atomic E-state index is 0.120. The van der Waals surface area contributed by atoms with E-state index >= 15 is 0 Å². The van der Waals surface area contributed by atoms with Gasteiger partial charge >= 0.3 is 0 Å². The molecule has 1 N–H and O–H groups in total. The molecule has 0 aliphatic heterocycles. The van der Waals surface area contributed by atoms with Gasteiger partial charge in [0.1, 0.15) is 12.4 Å². The molecule has 3 aromatic rings. The van der Waals surface area contributed by atoms with Crippen LogP contribution in [0.2, 0.25) is 0 Å². The largest absolute Gasteiger partial charge is 0.493 e. The van der Waals surface area contributed by atoms with Crippen LogP contribution < -0.4 is 14.8 Å². The van der Waals surface area contributed by atoms with Gasteiger partial charge in [-0.05, 0) is 56.0 Å². The van der Waals surface area contributed by atoms with Crippen LogP contribution in [0.5, 0.6) is 11.5 Å². The zero-order chi connectivity index (χ0) is 22.1. The van der Waals surface area contributed by atoms with E-state index in [1.165, 1.54) is 11.6 Å². The van der Waals surface area contributed by atoms with Gasteiger partial charge in [0.15, 0.2) is 11.5 Å². The van der Waals surface area contributed by atoms with Gasteiger partial charge in [-0.25, -0.2) is 0 Å². The molecular formula is C25H28N2O4. The predicted octanol–water partition coefficient (Wildman–Crippen LogP) is 4.64. The zero-order valence-corrected chi connectivity index (χ0v) is 18.2. The number of nitrogens with one attached hydrogen (secondary N) is 1. The molecule has 0 radical (unpaired) electrons. The molecule has 0 spiro atoms. The monoisotopic (exact) mass is 420 g/mol. The minimum Gasteiger partial charge on any atom is -0.493 e. The average molecular weight is 421 g/mol. The number of ether oxygens (including phenoxy) is 2. The van der Waals surface area contributed by atoms with E-state index in [4.69, 9.17) is 14.0 Å². The van der Waals surface area contributed by atoms with E-state index in [0.717, 1.165) is 35.4 Å². The second kappa shape index (κ2) is 11.0. The zero-order valence-electron chi connectivity index (χ0n) is 18.2. The molecule has 0 saturated carbocycles. The van der Waals surface area contributed by atoms with Gasteiger partial charge in [-0.3, -0.25) is 4.79 Å². The maximum absolute atomic E-state index is 12.1. The van der Waals surface area contributed by atoms with Crippen molar-refractivity contribution in [2.45, 2.75) is 33.3 Å². The number of benzene rings is 2. The van der Waals surface area contributed by atoms with E-state index in [0.29, 0.717) is 24.7 Å². The molecule has 6 nitrogen and oxygen atoms in total. The number of methoxy groups -OCH3 is 1. The molecule has 3 rings (SSSR count). The maximum Gasteiger partial charge on any atom is 0.243 e. The van der Waals surface area contributed by atoms with Crippen LogP contribution in [-0.2, 0) is 17.8 Å². The predicted molar refractivity (Wildman–Crippen MR) is 120 cm³/mol. The number of aryl methyl sites for hydroxylation is 3. The number of rotatable bonds is 10. The van der Waals surface area contributed by atoms with Crippen molar-refractivity contribution >= 4 is 12.0 Å². The van der Waals surface area contributed by atoms with Gasteiger partial charge in [0.2, 0.25) is 5.91 Å². The molecule has 31 heavy (non-hydrogen) atoms. The third-order valence-corrected chi connectivity index (χ3v) is 4.95. The average Bonchev–Trinajstić information content (AvgIpc) is 3.12. The van der Waals surface area contributed by atoms with Crippen molar-refractivity contribution in [3.63, 3.8) is 0 Å². The maximum atomic E-state index is 12.1. The Morgan fingerprint density at radius 2 is 1.94 bits per heavy atom. The summed E-state index contributed by atoms with van der Waals surface area (Å²) in [5, 5.41) is 6.85. The third kappa shape index (κ3) is 6.47. The summed E-state index contributed by atoms with van der Waals surface area (Å²) in [4.78, 5) is 12.1. The van der Waals surface area contributed by atoms with Crippen molar-refractivity contribution in [3.8, 4) is 11.5 Å². The Kier molecular flexibility index (Phi) is 7.87. The van der Waals surface area contributed by atoms with Crippen molar-refractivity contribution in [2.75, 3.05) is 13.7 Å². The Labute approximate surface area is 182 Å². The number of amides is 1. The molecule has 1 amide bonds. The molecule has 0 aliphatic rings. The molecule has 1 heterocycles. The molecule has 0 unspecified atom stereocenters. The standard InChI is InChI=1S/C25H28N2O4/c1-18-22(19(2)31-27-18)17-30-23-13-11-21(16-24(23)29-3)12-14-25(28)26-15-7-10-20-8-5-4-6-9-20/h4-6,8-9,11-14,16H,7,10,15,17H2,1-3H3,(H,26,28)/b14-12+. The van der Waals surface area contributed by atoms with Gasteiger partial charge in [-0.1, -0.05) is 41.6 Å². The van der Waals surface area contributed by atoms with Crippen LogP contribution in [0.4, 0.5) is 0 Å². The van der Waals surface area contributed by atoms with E-state index in [1.54, 1.807) is 13.2 Å². The second-order valence-corrected chi connectivity index (χ2v) is 7.22. The van der Waals surface area contributed by atoms with E-state index in [2.05, 4.69) is 22.6 Å². The molecule has 162 valence electrons. The van der Waals surface area contributed by atoms with Gasteiger partial charge in [0.05, 0.1) is 18.4 Å². The van der Waals surface area contributed by atoms with Crippen molar-refractivity contribution in [2.24, 2.45) is 0 Å². The van der Waals surface area contributed by atoms with Crippen LogP contribution in [0.3, 0.4) is 0 Å². The number of carbonyl (C=O) groups is 1. The van der Waals surface area contributed by atoms with E-state index in [1.807, 2.05) is 50.2 Å². The summed E-state index contributed by atoms with van der Waals surface area (Å²) in [7, 11) is 1.59. The summed E-state index contributed by atoms with van der Waals surface area (Å²) in [6.45, 7) is 4.72. The molecule has 0 aliphatic carbocycles. The fraction of sp³-hybridized carbons (Fsp3) is 0.280. The quantitative estimate of drug-likeness (QED) is 0.382. The van der Waals surface area contributed by atoms with Crippen LogP contribution in [-0.4, -0.2) is 24.7 Å². The first-order chi connectivity index (χ1) is 15.1. The lowest BCUT2D eigenvalue weighted by Crippen LogP contribution is -2.22. The van der Waals surface area contributed by atoms with Crippen molar-refractivity contribution in [1.82, 2.24) is 10.5 Å². The van der Waals surface area contributed by atoms with Gasteiger partial charge in [-0.2, -0.15) is 0 Å². The van der Waals surface area contributed by atoms with E-state index < -0.39 is 0 Å². The van der Waals surface area contributed by atoms with Crippen molar-refractivity contribution < 1.29 is 18.8 Å². The summed E-state index contributed by atoms with van der Waals surface area (Å²) < 4.78 is 16.5. The molecule has 2 aromatic carbocycles. The topological polar surface area (TPSA) is 73.6 Å². The smallest absolute Gasteiger partial charge is 0.243 e. The SMILES string of the molecule is COc1cc(/C=C/C(=O)NCCCc2ccccc2)ccc1OCc1c(C)noc1C. The fourth-order valence-corrected chi connectivity index (χ4v) is 3.14. The molecule has 0 atom stereocenters. The summed E-state index contributed by atoms with van der Waals surface area (Å²) in [6, 6.07) is 15.8. The van der Waals surface area contributed by atoms with Crippen LogP contribution in [0, 0.1) is 13.8 Å². The fourth-order valence-electron chi connectivity index (χ4n) is 3.14. The lowest BCUT2D eigenvalue weighted by atomic mass is 10.1. The molecular weight excluding hydrogens is 392 g/mol. The first-order valence-corrected chi connectivity index (χ1v) is 10.3. The Bertz CT molecular complexity index is 1010. The number of nitrogens with zero attached hydrogens (tertiary/aromatic N) is 1. The first-order valence-electron chi connectivity index (χ1n) is 10.3. The minimum atomic E-state index is -0.120. The highest BCUT2D eigenvalue weighted by atomic mass is 16.5. The normalized spacial score (nSPS) is 10.9. The number of hydrogen-bond donors (Lipinski definition) is 1. The Morgan fingerprint density at radius 3 is 2.65 bits per heavy atom. The Hall–Kier alpha value is -3.54. The van der Waals surface area contributed by atoms with Crippen LogP contribution in [0.1, 0.15) is 34.6 Å².